The second-order valence-electron chi connectivity index (χ2n) is 4.40. The highest BCUT2D eigenvalue weighted by Crippen LogP contribution is 2.25. The number of halogens is 1. The first kappa shape index (κ1) is 16.4. The Kier molecular flexibility index (Phi) is 4.99. The van der Waals surface area contributed by atoms with Crippen molar-refractivity contribution in [3.05, 3.63) is 48.5 Å². The minimum Gasteiger partial charge on any atom is -0.326 e. The molecule has 21 heavy (non-hydrogen) atoms. The van der Waals surface area contributed by atoms with Gasteiger partial charge in [0, 0.05) is 22.1 Å². The summed E-state index contributed by atoms with van der Waals surface area (Å²) in [5, 5.41) is 1.59. The van der Waals surface area contributed by atoms with Crippen LogP contribution in [-0.2, 0) is 23.1 Å². The molecule has 0 saturated heterocycles. The van der Waals surface area contributed by atoms with Gasteiger partial charge in [0.15, 0.2) is 0 Å². The zero-order chi connectivity index (χ0) is 15.6. The number of hydrogen-bond donors (Lipinski definition) is 3. The van der Waals surface area contributed by atoms with Gasteiger partial charge in [0.25, 0.3) is 0 Å². The summed E-state index contributed by atoms with van der Waals surface area (Å²) >= 11 is 4.33. The van der Waals surface area contributed by atoms with Crippen molar-refractivity contribution >= 4 is 37.3 Å². The molecule has 0 saturated carbocycles. The van der Waals surface area contributed by atoms with Crippen LogP contribution >= 0.6 is 27.3 Å². The lowest BCUT2D eigenvalue weighted by molar-refractivity contribution is 0.579. The Hall–Kier alpha value is -1.00. The van der Waals surface area contributed by atoms with Crippen LogP contribution in [-0.4, -0.2) is 13.4 Å². The van der Waals surface area contributed by atoms with Crippen molar-refractivity contribution < 1.29 is 8.42 Å². The second-order valence-corrected chi connectivity index (χ2v) is 7.83. The lowest BCUT2D eigenvalue weighted by Gasteiger charge is -2.12. The molecule has 0 spiro atoms. The monoisotopic (exact) mass is 391 g/mol. The molecule has 114 valence electrons. The first-order valence-electron chi connectivity index (χ1n) is 5.99. The third-order valence-corrected chi connectivity index (χ3v) is 5.97. The smallest absolute Gasteiger partial charge is 0.304 e. The topological polar surface area (TPSA) is 105 Å². The number of sulfonamides is 1. The van der Waals surface area contributed by atoms with Crippen molar-refractivity contribution in [3.63, 3.8) is 0 Å². The van der Waals surface area contributed by atoms with Gasteiger partial charge < -0.3 is 10.7 Å². The molecule has 0 amide bonds. The van der Waals surface area contributed by atoms with E-state index in [-0.39, 0.29) is 22.9 Å². The van der Waals surface area contributed by atoms with Crippen LogP contribution in [0, 0.1) is 6.92 Å². The molecule has 0 aliphatic heterocycles. The number of thiazole rings is 1. The SMILES string of the molecule is Cc1c(Br)cc(CN)cc1S(=O)(=O)NCc1csc(=O)[nH]1. The maximum atomic E-state index is 12.4. The predicted octanol–water partition coefficient (Wildman–Crippen LogP) is 1.44. The van der Waals surface area contributed by atoms with Gasteiger partial charge in [0.2, 0.25) is 10.0 Å². The Morgan fingerprint density at radius 1 is 1.43 bits per heavy atom. The van der Waals surface area contributed by atoms with Crippen molar-refractivity contribution in [2.75, 3.05) is 0 Å². The average molecular weight is 392 g/mol. The molecule has 0 radical (unpaired) electrons. The molecule has 4 N–H and O–H groups in total. The largest absolute Gasteiger partial charge is 0.326 e. The van der Waals surface area contributed by atoms with Gasteiger partial charge in [-0.2, -0.15) is 0 Å². The minimum absolute atomic E-state index is 0.0327. The molecular weight excluding hydrogens is 378 g/mol. The molecule has 0 aliphatic carbocycles. The van der Waals surface area contributed by atoms with Crippen molar-refractivity contribution in [2.45, 2.75) is 24.9 Å². The molecule has 6 nitrogen and oxygen atoms in total. The van der Waals surface area contributed by atoms with E-state index in [0.717, 1.165) is 16.9 Å². The Labute approximate surface area is 134 Å². The van der Waals surface area contributed by atoms with Gasteiger partial charge in [0.05, 0.1) is 11.4 Å². The molecule has 0 bridgehead atoms. The van der Waals surface area contributed by atoms with Crippen LogP contribution in [0.5, 0.6) is 0 Å². The Morgan fingerprint density at radius 2 is 2.14 bits per heavy atom. The van der Waals surface area contributed by atoms with Crippen LogP contribution < -0.4 is 15.3 Å². The quantitative estimate of drug-likeness (QED) is 0.716. The van der Waals surface area contributed by atoms with E-state index < -0.39 is 10.0 Å². The number of nitrogens with one attached hydrogen (secondary N) is 2. The van der Waals surface area contributed by atoms with E-state index in [9.17, 15) is 13.2 Å². The van der Waals surface area contributed by atoms with E-state index in [1.807, 2.05) is 0 Å². The summed E-state index contributed by atoms with van der Waals surface area (Å²) in [5.41, 5.74) is 7.43. The fourth-order valence-electron chi connectivity index (χ4n) is 1.76. The summed E-state index contributed by atoms with van der Waals surface area (Å²) in [4.78, 5) is 13.5. The lowest BCUT2D eigenvalue weighted by Crippen LogP contribution is -2.25. The van der Waals surface area contributed by atoms with Crippen molar-refractivity contribution in [2.24, 2.45) is 5.73 Å². The molecular formula is C12H14BrN3O3S2. The molecule has 0 unspecified atom stereocenters. The number of H-pyrrole nitrogens is 1. The number of aromatic amines is 1. The summed E-state index contributed by atoms with van der Waals surface area (Å²) in [6.07, 6.45) is 0. The van der Waals surface area contributed by atoms with Gasteiger partial charge in [-0.25, -0.2) is 13.1 Å². The number of benzene rings is 1. The third kappa shape index (κ3) is 3.80. The van der Waals surface area contributed by atoms with Gasteiger partial charge >= 0.3 is 4.87 Å². The predicted molar refractivity (Wildman–Crippen MR) is 85.7 cm³/mol. The van der Waals surface area contributed by atoms with Crippen molar-refractivity contribution in [3.8, 4) is 0 Å². The molecule has 2 rings (SSSR count). The fraction of sp³-hybridized carbons (Fsp3) is 0.250. The fourth-order valence-corrected chi connectivity index (χ4v) is 4.30. The van der Waals surface area contributed by atoms with E-state index in [4.69, 9.17) is 5.73 Å². The summed E-state index contributed by atoms with van der Waals surface area (Å²) in [6.45, 7) is 2.00. The molecule has 2 aromatic rings. The summed E-state index contributed by atoms with van der Waals surface area (Å²) in [7, 11) is -3.69. The summed E-state index contributed by atoms with van der Waals surface area (Å²) in [5.74, 6) is 0. The Bertz CT molecular complexity index is 811. The highest BCUT2D eigenvalue weighted by molar-refractivity contribution is 9.10. The molecule has 1 aromatic carbocycles. The molecule has 1 heterocycles. The Morgan fingerprint density at radius 3 is 2.71 bits per heavy atom. The first-order valence-corrected chi connectivity index (χ1v) is 9.14. The number of nitrogens with two attached hydrogens (primary N) is 1. The van der Waals surface area contributed by atoms with Gasteiger partial charge in [-0.05, 0) is 30.2 Å². The van der Waals surface area contributed by atoms with E-state index in [1.54, 1.807) is 24.4 Å². The van der Waals surface area contributed by atoms with Crippen LogP contribution in [0.2, 0.25) is 0 Å². The van der Waals surface area contributed by atoms with Crippen LogP contribution in [0.3, 0.4) is 0 Å². The van der Waals surface area contributed by atoms with Crippen molar-refractivity contribution in [1.29, 1.82) is 0 Å². The highest BCUT2D eigenvalue weighted by atomic mass is 79.9. The average Bonchev–Trinajstić information content (AvgIpc) is 2.85. The number of aromatic nitrogens is 1. The van der Waals surface area contributed by atoms with Gasteiger partial charge in [-0.15, -0.1) is 0 Å². The molecule has 9 heteroatoms. The highest BCUT2D eigenvalue weighted by Gasteiger charge is 2.19. The summed E-state index contributed by atoms with van der Waals surface area (Å²) in [6, 6.07) is 3.35. The van der Waals surface area contributed by atoms with Crippen LogP contribution in [0.1, 0.15) is 16.8 Å². The molecule has 0 atom stereocenters. The van der Waals surface area contributed by atoms with E-state index in [1.165, 1.54) is 0 Å². The van der Waals surface area contributed by atoms with Gasteiger partial charge in [-0.3, -0.25) is 4.79 Å². The van der Waals surface area contributed by atoms with Crippen LogP contribution in [0.15, 0.2) is 31.7 Å². The van der Waals surface area contributed by atoms with E-state index in [2.05, 4.69) is 25.6 Å². The van der Waals surface area contributed by atoms with Crippen LogP contribution in [0.25, 0.3) is 0 Å². The summed E-state index contributed by atoms with van der Waals surface area (Å²) < 4.78 is 27.9. The molecule has 0 fully saturated rings. The van der Waals surface area contributed by atoms with Crippen molar-refractivity contribution in [1.82, 2.24) is 9.71 Å². The number of hydrogen-bond acceptors (Lipinski definition) is 5. The standard InChI is InChI=1S/C12H14BrN3O3S2/c1-7-10(13)2-8(4-14)3-11(7)21(18,19)15-5-9-6-20-12(17)16-9/h2-3,6,15H,4-5,14H2,1H3,(H,16,17). The third-order valence-electron chi connectivity index (χ3n) is 2.91. The second kappa shape index (κ2) is 6.41. The molecule has 1 aromatic heterocycles. The normalized spacial score (nSPS) is 11.8. The van der Waals surface area contributed by atoms with Gasteiger partial charge in [-0.1, -0.05) is 27.3 Å². The zero-order valence-electron chi connectivity index (χ0n) is 11.1. The maximum Gasteiger partial charge on any atom is 0.304 e. The zero-order valence-corrected chi connectivity index (χ0v) is 14.4. The van der Waals surface area contributed by atoms with Gasteiger partial charge in [0.1, 0.15) is 0 Å². The van der Waals surface area contributed by atoms with Crippen LogP contribution in [0.4, 0.5) is 0 Å². The lowest BCUT2D eigenvalue weighted by atomic mass is 10.1. The maximum absolute atomic E-state index is 12.4. The minimum atomic E-state index is -3.69. The van der Waals surface area contributed by atoms with E-state index in [0.29, 0.717) is 15.7 Å². The first-order chi connectivity index (χ1) is 9.83. The number of rotatable bonds is 5. The molecule has 0 aliphatic rings. The Balaban J connectivity index is 2.31. The van der Waals surface area contributed by atoms with E-state index >= 15 is 0 Å².